The molecule has 0 saturated heterocycles. The van der Waals surface area contributed by atoms with Gasteiger partial charge in [0.25, 0.3) is 0 Å². The van der Waals surface area contributed by atoms with Gasteiger partial charge in [-0.15, -0.1) is 0 Å². The van der Waals surface area contributed by atoms with Crippen LogP contribution in [0.3, 0.4) is 0 Å². The molecule has 1 unspecified atom stereocenters. The second-order valence-electron chi connectivity index (χ2n) is 4.94. The molecule has 0 saturated carbocycles. The van der Waals surface area contributed by atoms with E-state index in [2.05, 4.69) is 61.6 Å². The van der Waals surface area contributed by atoms with Gasteiger partial charge in [0.2, 0.25) is 0 Å². The first kappa shape index (κ1) is 13.8. The number of hydrogen-bond donors (Lipinski definition) is 1. The van der Waals surface area contributed by atoms with Crippen LogP contribution in [0.1, 0.15) is 26.3 Å². The van der Waals surface area contributed by atoms with Gasteiger partial charge in [-0.2, -0.15) is 5.10 Å². The summed E-state index contributed by atoms with van der Waals surface area (Å²) in [6.07, 6.45) is 5.10. The zero-order chi connectivity index (χ0) is 13.7. The maximum atomic E-state index is 4.31. The Morgan fingerprint density at radius 3 is 2.47 bits per heavy atom. The topological polar surface area (TPSA) is 29.9 Å². The molecule has 1 aromatic carbocycles. The van der Waals surface area contributed by atoms with E-state index < -0.39 is 0 Å². The highest BCUT2D eigenvalue weighted by Crippen LogP contribution is 2.19. The van der Waals surface area contributed by atoms with Crippen LogP contribution in [0.4, 0.5) is 0 Å². The van der Waals surface area contributed by atoms with Gasteiger partial charge < -0.3 is 5.32 Å². The molecule has 0 radical (unpaired) electrons. The molecule has 1 atom stereocenters. The third-order valence-corrected chi connectivity index (χ3v) is 3.34. The average molecular weight is 257 g/mol. The maximum absolute atomic E-state index is 4.31. The number of likely N-dealkylation sites (N-methyl/N-ethyl adjacent to an activating group) is 1. The Morgan fingerprint density at radius 1 is 1.16 bits per heavy atom. The number of nitrogens with one attached hydrogen (secondary N) is 1. The summed E-state index contributed by atoms with van der Waals surface area (Å²) in [7, 11) is 0. The van der Waals surface area contributed by atoms with Crippen LogP contribution in [-0.2, 0) is 13.0 Å². The third-order valence-electron chi connectivity index (χ3n) is 3.34. The van der Waals surface area contributed by atoms with Crippen LogP contribution < -0.4 is 5.32 Å². The number of nitrogens with zero attached hydrogens (tertiary/aromatic N) is 2. The Labute approximate surface area is 115 Å². The minimum atomic E-state index is 0.527. The van der Waals surface area contributed by atoms with E-state index in [4.69, 9.17) is 0 Å². The molecule has 0 amide bonds. The van der Waals surface area contributed by atoms with Crippen molar-refractivity contribution in [3.63, 3.8) is 0 Å². The van der Waals surface area contributed by atoms with Gasteiger partial charge in [-0.3, -0.25) is 4.68 Å². The van der Waals surface area contributed by atoms with Gasteiger partial charge in [0.1, 0.15) is 0 Å². The van der Waals surface area contributed by atoms with Crippen molar-refractivity contribution < 1.29 is 0 Å². The molecule has 1 N–H and O–H groups in total. The Bertz CT molecular complexity index is 499. The fourth-order valence-corrected chi connectivity index (χ4v) is 2.29. The highest BCUT2D eigenvalue weighted by molar-refractivity contribution is 5.61. The van der Waals surface area contributed by atoms with Crippen LogP contribution >= 0.6 is 0 Å². The van der Waals surface area contributed by atoms with Gasteiger partial charge in [0.05, 0.1) is 6.20 Å². The fraction of sp³-hybridized carbons (Fsp3) is 0.438. The Morgan fingerprint density at radius 2 is 1.89 bits per heavy atom. The first-order valence-corrected chi connectivity index (χ1v) is 7.08. The van der Waals surface area contributed by atoms with Crippen molar-refractivity contribution in [1.82, 2.24) is 15.1 Å². The number of aromatic nitrogens is 2. The third kappa shape index (κ3) is 3.67. The van der Waals surface area contributed by atoms with Crippen LogP contribution in [0, 0.1) is 0 Å². The van der Waals surface area contributed by atoms with Gasteiger partial charge in [0.15, 0.2) is 0 Å². The van der Waals surface area contributed by atoms with Crippen LogP contribution in [0.2, 0.25) is 0 Å². The van der Waals surface area contributed by atoms with E-state index in [-0.39, 0.29) is 0 Å². The second kappa shape index (κ2) is 6.53. The Balaban J connectivity index is 2.05. The molecule has 0 spiro atoms. The Kier molecular flexibility index (Phi) is 4.74. The zero-order valence-corrected chi connectivity index (χ0v) is 12.1. The van der Waals surface area contributed by atoms with Crippen molar-refractivity contribution in [2.24, 2.45) is 0 Å². The highest BCUT2D eigenvalue weighted by atomic mass is 15.3. The summed E-state index contributed by atoms with van der Waals surface area (Å²) in [6.45, 7) is 8.41. The van der Waals surface area contributed by atoms with Gasteiger partial charge in [0, 0.05) is 24.3 Å². The number of aryl methyl sites for hydroxylation is 1. The quantitative estimate of drug-likeness (QED) is 0.861. The van der Waals surface area contributed by atoms with E-state index >= 15 is 0 Å². The minimum absolute atomic E-state index is 0.527. The van der Waals surface area contributed by atoms with E-state index in [0.717, 1.165) is 19.5 Å². The molecular weight excluding hydrogens is 234 g/mol. The molecule has 3 heteroatoms. The van der Waals surface area contributed by atoms with Crippen LogP contribution in [0.25, 0.3) is 11.1 Å². The minimum Gasteiger partial charge on any atom is -0.314 e. The normalized spacial score (nSPS) is 12.6. The van der Waals surface area contributed by atoms with Crippen molar-refractivity contribution in [1.29, 1.82) is 0 Å². The lowest BCUT2D eigenvalue weighted by molar-refractivity contribution is 0.565. The summed E-state index contributed by atoms with van der Waals surface area (Å²) < 4.78 is 1.95. The molecule has 102 valence electrons. The number of hydrogen-bond acceptors (Lipinski definition) is 2. The van der Waals surface area contributed by atoms with E-state index in [1.807, 2.05) is 10.9 Å². The standard InChI is InChI=1S/C16H23N3/c1-4-17-13(3)10-14-6-8-15(9-7-14)16-11-18-19(5-2)12-16/h6-9,11-13,17H,4-5,10H2,1-3H3. The lowest BCUT2D eigenvalue weighted by atomic mass is 10.0. The van der Waals surface area contributed by atoms with Crippen molar-refractivity contribution >= 4 is 0 Å². The molecule has 1 heterocycles. The monoisotopic (exact) mass is 257 g/mol. The molecule has 2 rings (SSSR count). The molecule has 0 aliphatic heterocycles. The van der Waals surface area contributed by atoms with Crippen molar-refractivity contribution in [3.8, 4) is 11.1 Å². The van der Waals surface area contributed by atoms with Gasteiger partial charge in [-0.1, -0.05) is 31.2 Å². The zero-order valence-electron chi connectivity index (χ0n) is 12.1. The summed E-state index contributed by atoms with van der Waals surface area (Å²) in [5, 5.41) is 7.75. The SMILES string of the molecule is CCNC(C)Cc1ccc(-c2cnn(CC)c2)cc1. The van der Waals surface area contributed by atoms with Gasteiger partial charge in [-0.25, -0.2) is 0 Å². The molecule has 0 bridgehead atoms. The summed E-state index contributed by atoms with van der Waals surface area (Å²) in [5.41, 5.74) is 3.80. The highest BCUT2D eigenvalue weighted by Gasteiger charge is 2.04. The molecule has 3 nitrogen and oxygen atoms in total. The van der Waals surface area contributed by atoms with E-state index in [9.17, 15) is 0 Å². The molecule has 2 aromatic rings. The molecule has 0 fully saturated rings. The largest absolute Gasteiger partial charge is 0.314 e. The molecule has 0 aliphatic carbocycles. The predicted molar refractivity (Wildman–Crippen MR) is 80.2 cm³/mol. The summed E-state index contributed by atoms with van der Waals surface area (Å²) >= 11 is 0. The summed E-state index contributed by atoms with van der Waals surface area (Å²) in [6, 6.07) is 9.33. The molecule has 19 heavy (non-hydrogen) atoms. The van der Waals surface area contributed by atoms with Gasteiger partial charge >= 0.3 is 0 Å². The van der Waals surface area contributed by atoms with Crippen molar-refractivity contribution in [2.75, 3.05) is 6.54 Å². The first-order valence-electron chi connectivity index (χ1n) is 7.08. The summed E-state index contributed by atoms with van der Waals surface area (Å²) in [4.78, 5) is 0. The van der Waals surface area contributed by atoms with Crippen LogP contribution in [-0.4, -0.2) is 22.4 Å². The second-order valence-corrected chi connectivity index (χ2v) is 4.94. The number of benzene rings is 1. The molecule has 0 aliphatic rings. The average Bonchev–Trinajstić information content (AvgIpc) is 2.88. The van der Waals surface area contributed by atoms with Crippen LogP contribution in [0.5, 0.6) is 0 Å². The Hall–Kier alpha value is -1.61. The fourth-order valence-electron chi connectivity index (χ4n) is 2.29. The smallest absolute Gasteiger partial charge is 0.0568 e. The van der Waals surface area contributed by atoms with Gasteiger partial charge in [-0.05, 0) is 37.9 Å². The van der Waals surface area contributed by atoms with E-state index in [1.165, 1.54) is 16.7 Å². The van der Waals surface area contributed by atoms with Crippen molar-refractivity contribution in [3.05, 3.63) is 42.2 Å². The van der Waals surface area contributed by atoms with Crippen LogP contribution in [0.15, 0.2) is 36.7 Å². The lowest BCUT2D eigenvalue weighted by Gasteiger charge is -2.12. The number of rotatable bonds is 6. The predicted octanol–water partition coefficient (Wildman–Crippen LogP) is 3.11. The van der Waals surface area contributed by atoms with Crippen molar-refractivity contribution in [2.45, 2.75) is 39.8 Å². The molecule has 1 aromatic heterocycles. The van der Waals surface area contributed by atoms with E-state index in [1.54, 1.807) is 0 Å². The maximum Gasteiger partial charge on any atom is 0.0568 e. The first-order chi connectivity index (χ1) is 9.22. The summed E-state index contributed by atoms with van der Waals surface area (Å²) in [5.74, 6) is 0. The van der Waals surface area contributed by atoms with E-state index in [0.29, 0.717) is 6.04 Å². The lowest BCUT2D eigenvalue weighted by Crippen LogP contribution is -2.27. The molecular formula is C16H23N3.